The van der Waals surface area contributed by atoms with Gasteiger partial charge in [0.15, 0.2) is 11.5 Å². The molecule has 0 heterocycles. The van der Waals surface area contributed by atoms with Crippen LogP contribution < -0.4 is 18.6 Å². The highest BCUT2D eigenvalue weighted by Crippen LogP contribution is 2.46. The molecule has 0 fully saturated rings. The molecule has 0 aromatic heterocycles. The van der Waals surface area contributed by atoms with Gasteiger partial charge in [0, 0.05) is 11.6 Å². The normalized spacial score (nSPS) is 11.2. The van der Waals surface area contributed by atoms with Crippen LogP contribution >= 0.6 is 0 Å². The summed E-state index contributed by atoms with van der Waals surface area (Å²) in [6.45, 7) is 13.3. The molecule has 0 aliphatic rings. The van der Waals surface area contributed by atoms with E-state index in [0.717, 1.165) is 0 Å². The van der Waals surface area contributed by atoms with Gasteiger partial charge in [-0.25, -0.2) is 4.79 Å². The Morgan fingerprint density at radius 2 is 1.42 bits per heavy atom. The minimum Gasteiger partial charge on any atom is -0.540 e. The zero-order chi connectivity index (χ0) is 27.2. The van der Waals surface area contributed by atoms with Crippen LogP contribution in [0.3, 0.4) is 0 Å². The maximum absolute atomic E-state index is 12.0. The van der Waals surface area contributed by atoms with Crippen molar-refractivity contribution in [2.24, 2.45) is 0 Å². The van der Waals surface area contributed by atoms with E-state index in [1.54, 1.807) is 26.4 Å². The lowest BCUT2D eigenvalue weighted by Gasteiger charge is -2.42. The average molecular weight is 515 g/mol. The first-order valence-electron chi connectivity index (χ1n) is 11.9. The highest BCUT2D eigenvalue weighted by atomic mass is 28.4. The fourth-order valence-corrected chi connectivity index (χ4v) is 10.1. The molecule has 0 spiro atoms. The Kier molecular flexibility index (Phi) is 9.71. The van der Waals surface area contributed by atoms with E-state index in [9.17, 15) is 9.90 Å². The maximum Gasteiger partial charge on any atom is 0.345 e. The van der Waals surface area contributed by atoms with E-state index >= 15 is 0 Å². The highest BCUT2D eigenvalue weighted by Gasteiger charge is 2.47. The molecule has 0 aliphatic heterocycles. The largest absolute Gasteiger partial charge is 0.540 e. The minimum absolute atomic E-state index is 0.0578. The van der Waals surface area contributed by atoms with Crippen LogP contribution in [0.2, 0.25) is 16.6 Å². The number of benzene rings is 2. The van der Waals surface area contributed by atoms with Crippen LogP contribution in [0.15, 0.2) is 24.3 Å². The van der Waals surface area contributed by atoms with E-state index in [-0.39, 0.29) is 17.1 Å². The molecule has 2 aromatic carbocycles. The van der Waals surface area contributed by atoms with Crippen LogP contribution in [-0.4, -0.2) is 47.8 Å². The predicted molar refractivity (Wildman–Crippen MR) is 143 cm³/mol. The first-order valence-corrected chi connectivity index (χ1v) is 14.1. The van der Waals surface area contributed by atoms with Crippen LogP contribution in [0, 0.1) is 11.8 Å². The zero-order valence-corrected chi connectivity index (χ0v) is 23.9. The van der Waals surface area contributed by atoms with Crippen LogP contribution in [0.1, 0.15) is 63.0 Å². The van der Waals surface area contributed by atoms with Crippen molar-refractivity contribution in [1.29, 1.82) is 0 Å². The number of carbonyl (C=O) groups is 1. The number of rotatable bonds is 9. The molecule has 0 radical (unpaired) electrons. The molecule has 0 bridgehead atoms. The van der Waals surface area contributed by atoms with Gasteiger partial charge in [-0.15, -0.1) is 0 Å². The quantitative estimate of drug-likeness (QED) is 0.244. The molecule has 36 heavy (non-hydrogen) atoms. The summed E-state index contributed by atoms with van der Waals surface area (Å²) in [6, 6.07) is 6.58. The van der Waals surface area contributed by atoms with Crippen LogP contribution in [0.4, 0.5) is 0 Å². The summed E-state index contributed by atoms with van der Waals surface area (Å²) in [5.41, 5.74) is 2.06. The highest BCUT2D eigenvalue weighted by molar-refractivity contribution is 6.78. The van der Waals surface area contributed by atoms with Gasteiger partial charge in [0.05, 0.1) is 34.0 Å². The second-order valence-electron chi connectivity index (χ2n) is 9.44. The predicted octanol–water partition coefficient (Wildman–Crippen LogP) is 6.16. The number of phenols is 1. The molecule has 0 unspecified atom stereocenters. The van der Waals surface area contributed by atoms with Gasteiger partial charge in [-0.3, -0.25) is 0 Å². The molecule has 0 saturated carbocycles. The molecule has 7 nitrogen and oxygen atoms in total. The third kappa shape index (κ3) is 5.73. The number of aromatic hydroxyl groups is 1. The number of esters is 1. The molecule has 0 aliphatic carbocycles. The number of ether oxygens (including phenoxy) is 4. The summed E-state index contributed by atoms with van der Waals surface area (Å²) in [4.78, 5) is 12.0. The monoisotopic (exact) mass is 514 g/mol. The molecule has 2 aromatic rings. The van der Waals surface area contributed by atoms with Gasteiger partial charge in [-0.2, -0.15) is 0 Å². The number of hydrogen-bond donors (Lipinski definition) is 1. The van der Waals surface area contributed by atoms with Gasteiger partial charge < -0.3 is 28.5 Å². The Morgan fingerprint density at radius 1 is 0.806 bits per heavy atom. The standard InChI is InChI=1S/C28H38O7Si/c1-17(2)36(18(3)4,19(5)6)35-25-16-22(31-7)15-21(27(25)33-9)12-11-20-13-23(29)26(28(30)34-10)24(14-20)32-8/h13-19,29H,1-10H3. The minimum atomic E-state index is -2.28. The van der Waals surface area contributed by atoms with Crippen molar-refractivity contribution >= 4 is 14.3 Å². The number of methoxy groups -OCH3 is 4. The van der Waals surface area contributed by atoms with E-state index in [4.69, 9.17) is 23.4 Å². The molecule has 8 heteroatoms. The summed E-state index contributed by atoms with van der Waals surface area (Å²) >= 11 is 0. The van der Waals surface area contributed by atoms with Crippen LogP contribution in [0.5, 0.6) is 28.7 Å². The van der Waals surface area contributed by atoms with E-state index in [2.05, 4.69) is 53.4 Å². The van der Waals surface area contributed by atoms with Gasteiger partial charge in [-0.1, -0.05) is 53.4 Å². The Balaban J connectivity index is 2.67. The topological polar surface area (TPSA) is 83.5 Å². The van der Waals surface area contributed by atoms with Crippen LogP contribution in [0.25, 0.3) is 0 Å². The number of hydrogen-bond acceptors (Lipinski definition) is 7. The van der Waals surface area contributed by atoms with Crippen molar-refractivity contribution in [3.63, 3.8) is 0 Å². The molecule has 1 N–H and O–H groups in total. The second-order valence-corrected chi connectivity index (χ2v) is 14.8. The summed E-state index contributed by atoms with van der Waals surface area (Å²) in [5, 5.41) is 10.4. The third-order valence-corrected chi connectivity index (χ3v) is 12.5. The number of phenolic OH excluding ortho intramolecular Hbond substituents is 1. The second kappa shape index (κ2) is 12.1. The van der Waals surface area contributed by atoms with Crippen molar-refractivity contribution in [1.82, 2.24) is 0 Å². The van der Waals surface area contributed by atoms with Crippen molar-refractivity contribution in [3.8, 4) is 40.6 Å². The van der Waals surface area contributed by atoms with Crippen molar-refractivity contribution in [2.75, 3.05) is 28.4 Å². The Labute approximate surface area is 215 Å². The molecular formula is C28H38O7Si. The van der Waals surface area contributed by atoms with Crippen molar-refractivity contribution in [2.45, 2.75) is 58.2 Å². The molecule has 0 atom stereocenters. The summed E-state index contributed by atoms with van der Waals surface area (Å²) in [5.74, 6) is 7.02. The van der Waals surface area contributed by atoms with E-state index in [1.807, 2.05) is 6.07 Å². The lowest BCUT2D eigenvalue weighted by Crippen LogP contribution is -2.50. The Hall–Kier alpha value is -3.31. The molecule has 2 rings (SSSR count). The van der Waals surface area contributed by atoms with Crippen molar-refractivity contribution in [3.05, 3.63) is 41.0 Å². The lowest BCUT2D eigenvalue weighted by molar-refractivity contribution is 0.0593. The maximum atomic E-state index is 12.0. The van der Waals surface area contributed by atoms with Gasteiger partial charge in [-0.05, 0) is 34.8 Å². The zero-order valence-electron chi connectivity index (χ0n) is 22.9. The van der Waals surface area contributed by atoms with Gasteiger partial charge in [0.25, 0.3) is 8.32 Å². The van der Waals surface area contributed by atoms with Crippen LogP contribution in [-0.2, 0) is 4.74 Å². The summed E-state index contributed by atoms with van der Waals surface area (Å²) in [7, 11) is 3.54. The van der Waals surface area contributed by atoms with E-state index in [1.165, 1.54) is 20.3 Å². The molecule has 0 amide bonds. The average Bonchev–Trinajstić information content (AvgIpc) is 2.83. The van der Waals surface area contributed by atoms with E-state index in [0.29, 0.717) is 45.0 Å². The summed E-state index contributed by atoms with van der Waals surface area (Å²) < 4.78 is 28.3. The molecule has 0 saturated heterocycles. The summed E-state index contributed by atoms with van der Waals surface area (Å²) in [6.07, 6.45) is 0. The first-order chi connectivity index (χ1) is 17.0. The smallest absolute Gasteiger partial charge is 0.345 e. The first kappa shape index (κ1) is 28.9. The van der Waals surface area contributed by atoms with E-state index < -0.39 is 14.3 Å². The fraction of sp³-hybridized carbons (Fsp3) is 0.464. The Bertz CT molecular complexity index is 1120. The van der Waals surface area contributed by atoms with Gasteiger partial charge >= 0.3 is 5.97 Å². The SMILES string of the molecule is COC(=O)c1c(O)cc(C#Cc2cc(OC)cc(O[Si](C(C)C)(C(C)C)C(C)C)c2OC)cc1OC. The fourth-order valence-electron chi connectivity index (χ4n) is 4.90. The molecule has 196 valence electrons. The number of carbonyl (C=O) groups excluding carboxylic acids is 1. The van der Waals surface area contributed by atoms with Crippen molar-refractivity contribution < 1.29 is 33.3 Å². The lowest BCUT2D eigenvalue weighted by atomic mass is 10.1. The van der Waals surface area contributed by atoms with Gasteiger partial charge in [0.1, 0.15) is 22.8 Å². The third-order valence-electron chi connectivity index (χ3n) is 6.49. The van der Waals surface area contributed by atoms with Gasteiger partial charge in [0.2, 0.25) is 0 Å². The molecular weight excluding hydrogens is 476 g/mol. The Morgan fingerprint density at radius 3 is 1.89 bits per heavy atom.